The Morgan fingerprint density at radius 2 is 2.29 bits per heavy atom. The highest BCUT2D eigenvalue weighted by molar-refractivity contribution is 5.38. The van der Waals surface area contributed by atoms with Crippen molar-refractivity contribution in [1.82, 2.24) is 9.97 Å². The number of nitrogens with one attached hydrogen (secondary N) is 1. The van der Waals surface area contributed by atoms with Gasteiger partial charge in [-0.05, 0) is 12.8 Å². The quantitative estimate of drug-likeness (QED) is 0.735. The summed E-state index contributed by atoms with van der Waals surface area (Å²) in [6, 6.07) is 1.98. The first-order chi connectivity index (χ1) is 6.80. The third-order valence-corrected chi connectivity index (χ3v) is 2.02. The maximum absolute atomic E-state index is 5.35. The zero-order valence-corrected chi connectivity index (χ0v) is 8.62. The van der Waals surface area contributed by atoms with Gasteiger partial charge < -0.3 is 5.32 Å². The largest absolute Gasteiger partial charge is 0.356 e. The molecule has 0 aliphatic heterocycles. The molecule has 0 saturated carbocycles. The minimum absolute atomic E-state index is 0.0506. The maximum atomic E-state index is 5.35. The van der Waals surface area contributed by atoms with Crippen LogP contribution in [0.4, 0.5) is 5.82 Å². The lowest BCUT2D eigenvalue weighted by Crippen LogP contribution is -2.16. The van der Waals surface area contributed by atoms with E-state index in [9.17, 15) is 0 Å². The molecule has 74 valence electrons. The van der Waals surface area contributed by atoms with Gasteiger partial charge in [0.05, 0.1) is 6.04 Å². The van der Waals surface area contributed by atoms with Gasteiger partial charge in [0, 0.05) is 11.8 Å². The van der Waals surface area contributed by atoms with Crippen molar-refractivity contribution in [2.24, 2.45) is 0 Å². The van der Waals surface area contributed by atoms with E-state index in [1.54, 1.807) is 6.33 Å². The first-order valence-electron chi connectivity index (χ1n) is 4.83. The summed E-state index contributed by atoms with van der Waals surface area (Å²) in [5.74, 6) is 3.47. The van der Waals surface area contributed by atoms with Gasteiger partial charge in [-0.25, -0.2) is 9.97 Å². The van der Waals surface area contributed by atoms with Crippen LogP contribution in [0.2, 0.25) is 0 Å². The van der Waals surface area contributed by atoms with Gasteiger partial charge in [-0.2, -0.15) is 0 Å². The molecular weight excluding hydrogens is 174 g/mol. The van der Waals surface area contributed by atoms with Gasteiger partial charge in [0.2, 0.25) is 0 Å². The summed E-state index contributed by atoms with van der Waals surface area (Å²) < 4.78 is 0. The minimum Gasteiger partial charge on any atom is -0.356 e. The second kappa shape index (κ2) is 5.23. The number of aryl methyl sites for hydroxylation is 1. The molecule has 0 aromatic carbocycles. The molecule has 0 fully saturated rings. The second-order valence-corrected chi connectivity index (χ2v) is 3.02. The summed E-state index contributed by atoms with van der Waals surface area (Å²) in [7, 11) is 0. The summed E-state index contributed by atoms with van der Waals surface area (Å²) in [5, 5.41) is 3.17. The van der Waals surface area contributed by atoms with Crippen molar-refractivity contribution in [3.8, 4) is 12.3 Å². The number of terminal acetylenes is 1. The fourth-order valence-electron chi connectivity index (χ4n) is 1.11. The molecule has 0 aliphatic rings. The molecule has 3 nitrogen and oxygen atoms in total. The Bertz CT molecular complexity index is 328. The van der Waals surface area contributed by atoms with Crippen LogP contribution in [0.15, 0.2) is 12.4 Å². The van der Waals surface area contributed by atoms with E-state index in [0.717, 1.165) is 24.4 Å². The van der Waals surface area contributed by atoms with Crippen molar-refractivity contribution in [1.29, 1.82) is 0 Å². The van der Waals surface area contributed by atoms with E-state index in [-0.39, 0.29) is 6.04 Å². The summed E-state index contributed by atoms with van der Waals surface area (Å²) in [4.78, 5) is 8.22. The van der Waals surface area contributed by atoms with Crippen LogP contribution in [0.3, 0.4) is 0 Å². The van der Waals surface area contributed by atoms with E-state index >= 15 is 0 Å². The Labute approximate surface area is 85.0 Å². The van der Waals surface area contributed by atoms with Crippen molar-refractivity contribution in [2.45, 2.75) is 32.7 Å². The molecule has 1 atom stereocenters. The zero-order chi connectivity index (χ0) is 10.4. The Morgan fingerprint density at radius 3 is 2.86 bits per heavy atom. The fraction of sp³-hybridized carbons (Fsp3) is 0.455. The highest BCUT2D eigenvalue weighted by Crippen LogP contribution is 2.07. The van der Waals surface area contributed by atoms with Gasteiger partial charge in [0.1, 0.15) is 12.1 Å². The molecule has 3 heteroatoms. The van der Waals surface area contributed by atoms with Crippen LogP contribution in [0, 0.1) is 12.3 Å². The number of nitrogens with zero attached hydrogens (tertiary/aromatic N) is 2. The van der Waals surface area contributed by atoms with Gasteiger partial charge >= 0.3 is 0 Å². The minimum atomic E-state index is 0.0506. The van der Waals surface area contributed by atoms with Crippen molar-refractivity contribution >= 4 is 5.82 Å². The molecule has 0 radical (unpaired) electrons. The van der Waals surface area contributed by atoms with Gasteiger partial charge in [-0.1, -0.05) is 19.8 Å². The predicted molar refractivity (Wildman–Crippen MR) is 57.9 cm³/mol. The van der Waals surface area contributed by atoms with Crippen molar-refractivity contribution in [3.05, 3.63) is 18.1 Å². The van der Waals surface area contributed by atoms with Crippen molar-refractivity contribution in [3.63, 3.8) is 0 Å². The van der Waals surface area contributed by atoms with E-state index < -0.39 is 0 Å². The third kappa shape index (κ3) is 2.74. The third-order valence-electron chi connectivity index (χ3n) is 2.02. The van der Waals surface area contributed by atoms with Gasteiger partial charge in [-0.3, -0.25) is 0 Å². The second-order valence-electron chi connectivity index (χ2n) is 3.02. The topological polar surface area (TPSA) is 37.8 Å². The maximum Gasteiger partial charge on any atom is 0.130 e. The van der Waals surface area contributed by atoms with Crippen LogP contribution in [0.25, 0.3) is 0 Å². The number of hydrogen-bond donors (Lipinski definition) is 1. The Hall–Kier alpha value is -1.56. The van der Waals surface area contributed by atoms with E-state index in [1.807, 2.05) is 13.0 Å². The molecule has 1 unspecified atom stereocenters. The van der Waals surface area contributed by atoms with E-state index in [1.165, 1.54) is 0 Å². The first kappa shape index (κ1) is 10.5. The monoisotopic (exact) mass is 189 g/mol. The van der Waals surface area contributed by atoms with Crippen LogP contribution in [0.1, 0.15) is 26.0 Å². The lowest BCUT2D eigenvalue weighted by molar-refractivity contribution is 0.846. The van der Waals surface area contributed by atoms with Crippen LogP contribution in [-0.4, -0.2) is 16.0 Å². The average molecular weight is 189 g/mol. The molecular formula is C11H15N3. The molecule has 1 aromatic heterocycles. The number of rotatable bonds is 4. The zero-order valence-electron chi connectivity index (χ0n) is 8.62. The molecule has 0 bridgehead atoms. The molecule has 14 heavy (non-hydrogen) atoms. The Kier molecular flexibility index (Phi) is 3.93. The highest BCUT2D eigenvalue weighted by Gasteiger charge is 2.02. The smallest absolute Gasteiger partial charge is 0.130 e. The molecule has 0 amide bonds. The number of aromatic nitrogens is 2. The molecule has 1 heterocycles. The van der Waals surface area contributed by atoms with Crippen LogP contribution in [0.5, 0.6) is 0 Å². The van der Waals surface area contributed by atoms with Gasteiger partial charge in [0.15, 0.2) is 0 Å². The fourth-order valence-corrected chi connectivity index (χ4v) is 1.11. The summed E-state index contributed by atoms with van der Waals surface area (Å²) >= 11 is 0. The van der Waals surface area contributed by atoms with Crippen LogP contribution >= 0.6 is 0 Å². The molecule has 1 rings (SSSR count). The normalized spacial score (nSPS) is 11.8. The lowest BCUT2D eigenvalue weighted by atomic mass is 10.2. The number of hydrogen-bond acceptors (Lipinski definition) is 3. The van der Waals surface area contributed by atoms with Crippen LogP contribution in [-0.2, 0) is 6.42 Å². The van der Waals surface area contributed by atoms with Gasteiger partial charge in [0.25, 0.3) is 0 Å². The average Bonchev–Trinajstić information content (AvgIpc) is 2.26. The molecule has 1 aromatic rings. The highest BCUT2D eigenvalue weighted by atomic mass is 15.0. The van der Waals surface area contributed by atoms with E-state index in [4.69, 9.17) is 6.42 Å². The SMILES string of the molecule is C#CC(CC)Nc1cc(CC)ncn1. The summed E-state index contributed by atoms with van der Waals surface area (Å²) in [5.41, 5.74) is 1.02. The Balaban J connectivity index is 2.71. The molecule has 0 aliphatic carbocycles. The van der Waals surface area contributed by atoms with Crippen molar-refractivity contribution in [2.75, 3.05) is 5.32 Å². The number of anilines is 1. The molecule has 0 saturated heterocycles. The standard InChI is InChI=1S/C11H15N3/c1-4-9(5-2)14-11-7-10(6-3)12-8-13-11/h1,7-9H,5-6H2,2-3H3,(H,12,13,14). The van der Waals surface area contributed by atoms with Gasteiger partial charge in [-0.15, -0.1) is 6.42 Å². The summed E-state index contributed by atoms with van der Waals surface area (Å²) in [6.45, 7) is 4.10. The van der Waals surface area contributed by atoms with Crippen molar-refractivity contribution < 1.29 is 0 Å². The van der Waals surface area contributed by atoms with E-state index in [0.29, 0.717) is 0 Å². The first-order valence-corrected chi connectivity index (χ1v) is 4.83. The predicted octanol–water partition coefficient (Wildman–Crippen LogP) is 1.86. The Morgan fingerprint density at radius 1 is 1.50 bits per heavy atom. The molecule has 1 N–H and O–H groups in total. The molecule has 0 spiro atoms. The lowest BCUT2D eigenvalue weighted by Gasteiger charge is -2.11. The summed E-state index contributed by atoms with van der Waals surface area (Å²) in [6.07, 6.45) is 8.70. The van der Waals surface area contributed by atoms with Crippen LogP contribution < -0.4 is 5.32 Å². The van der Waals surface area contributed by atoms with E-state index in [2.05, 4.69) is 28.1 Å².